The van der Waals surface area contributed by atoms with E-state index in [-0.39, 0.29) is 15.7 Å². The Kier molecular flexibility index (Phi) is 6.07. The molecule has 3 aromatic rings. The van der Waals surface area contributed by atoms with Gasteiger partial charge >= 0.3 is 0 Å². The number of ether oxygens (including phenoxy) is 1. The van der Waals surface area contributed by atoms with Crippen molar-refractivity contribution in [3.8, 4) is 10.8 Å². The quantitative estimate of drug-likeness (QED) is 0.493. The minimum atomic E-state index is -3.81. The number of pyridine rings is 1. The van der Waals surface area contributed by atoms with Crippen LogP contribution in [-0.4, -0.2) is 60.3 Å². The zero-order valence-electron chi connectivity index (χ0n) is 18.9. The van der Waals surface area contributed by atoms with Crippen molar-refractivity contribution in [1.29, 1.82) is 0 Å². The maximum absolute atomic E-state index is 13.3. The molecule has 1 saturated heterocycles. The van der Waals surface area contributed by atoms with Crippen molar-refractivity contribution < 1.29 is 21.9 Å². The van der Waals surface area contributed by atoms with Gasteiger partial charge in [-0.25, -0.2) is 26.9 Å². The molecule has 4 heterocycles. The number of halogens is 2. The van der Waals surface area contributed by atoms with Gasteiger partial charge in [-0.1, -0.05) is 11.3 Å². The summed E-state index contributed by atoms with van der Waals surface area (Å²) in [6.45, 7) is 4.06. The van der Waals surface area contributed by atoms with Crippen LogP contribution >= 0.6 is 11.3 Å². The molecule has 3 aromatic heterocycles. The van der Waals surface area contributed by atoms with Crippen molar-refractivity contribution in [2.45, 2.75) is 49.5 Å². The topological polar surface area (TPSA) is 102 Å². The lowest BCUT2D eigenvalue weighted by molar-refractivity contribution is 0.139. The smallest absolute Gasteiger partial charge is 0.291 e. The third-order valence-corrected chi connectivity index (χ3v) is 8.99. The molecule has 9 nitrogen and oxygen atoms in total. The van der Waals surface area contributed by atoms with Gasteiger partial charge < -0.3 is 9.64 Å². The van der Waals surface area contributed by atoms with E-state index in [0.29, 0.717) is 18.0 Å². The van der Waals surface area contributed by atoms with Crippen molar-refractivity contribution in [1.82, 2.24) is 24.3 Å². The van der Waals surface area contributed by atoms with Gasteiger partial charge in [0.15, 0.2) is 15.8 Å². The molecule has 1 N–H and O–H groups in total. The molecule has 0 spiro atoms. The van der Waals surface area contributed by atoms with Gasteiger partial charge in [-0.3, -0.25) is 4.40 Å². The Hall–Kier alpha value is -2.22. The third kappa shape index (κ3) is 4.53. The molecule has 0 amide bonds. The molecule has 2 fully saturated rings. The van der Waals surface area contributed by atoms with Crippen LogP contribution in [0.25, 0.3) is 16.3 Å². The maximum Gasteiger partial charge on any atom is 0.291 e. The number of fused-ring (bicyclic) bond motifs is 1. The molecular formula is C21H26F2N6O3S2. The Morgan fingerprint density at radius 2 is 2.03 bits per heavy atom. The summed E-state index contributed by atoms with van der Waals surface area (Å²) in [4.78, 5) is 6.66. The van der Waals surface area contributed by atoms with Crippen LogP contribution in [0.15, 0.2) is 23.4 Å². The van der Waals surface area contributed by atoms with Crippen molar-refractivity contribution >= 4 is 32.6 Å². The van der Waals surface area contributed by atoms with Crippen LogP contribution in [0.1, 0.15) is 44.0 Å². The van der Waals surface area contributed by atoms with Crippen molar-refractivity contribution in [2.24, 2.45) is 5.92 Å². The van der Waals surface area contributed by atoms with E-state index in [2.05, 4.69) is 24.8 Å². The second-order valence-corrected chi connectivity index (χ2v) is 11.9. The Morgan fingerprint density at radius 3 is 2.65 bits per heavy atom. The molecule has 5 rings (SSSR count). The number of hydrogen-bond acceptors (Lipinski definition) is 8. The van der Waals surface area contributed by atoms with Gasteiger partial charge in [0, 0.05) is 38.5 Å². The first-order valence-corrected chi connectivity index (χ1v) is 13.4. The lowest BCUT2D eigenvalue weighted by Gasteiger charge is -2.34. The van der Waals surface area contributed by atoms with E-state index in [0.717, 1.165) is 55.8 Å². The first kappa shape index (κ1) is 23.5. The van der Waals surface area contributed by atoms with E-state index in [1.54, 1.807) is 23.8 Å². The molecule has 34 heavy (non-hydrogen) atoms. The number of nitrogens with one attached hydrogen (secondary N) is 1. The number of piperidine rings is 1. The minimum Gasteiger partial charge on any atom is -0.384 e. The molecule has 0 bridgehead atoms. The first-order chi connectivity index (χ1) is 16.2. The van der Waals surface area contributed by atoms with E-state index in [1.807, 2.05) is 6.92 Å². The molecule has 2 aliphatic rings. The highest BCUT2D eigenvalue weighted by molar-refractivity contribution is 7.89. The zero-order valence-corrected chi connectivity index (χ0v) is 20.5. The summed E-state index contributed by atoms with van der Waals surface area (Å²) in [7, 11) is -2.12. The van der Waals surface area contributed by atoms with Crippen LogP contribution < -0.4 is 9.62 Å². The Bertz CT molecular complexity index is 1300. The molecule has 0 aromatic carbocycles. The van der Waals surface area contributed by atoms with E-state index in [4.69, 9.17) is 4.74 Å². The summed E-state index contributed by atoms with van der Waals surface area (Å²) in [6, 6.07) is 1.68. The number of hydrogen-bond donors (Lipinski definition) is 1. The van der Waals surface area contributed by atoms with Crippen LogP contribution in [0.5, 0.6) is 0 Å². The molecule has 0 unspecified atom stereocenters. The number of rotatable bonds is 8. The molecule has 1 aliphatic carbocycles. The van der Waals surface area contributed by atoms with Crippen LogP contribution in [0.4, 0.5) is 14.5 Å². The fraction of sp³-hybridized carbons (Fsp3) is 0.571. The first-order valence-electron chi connectivity index (χ1n) is 11.1. The van der Waals surface area contributed by atoms with Gasteiger partial charge in [0.05, 0.1) is 17.4 Å². The predicted octanol–water partition coefficient (Wildman–Crippen LogP) is 3.48. The summed E-state index contributed by atoms with van der Waals surface area (Å²) in [5.41, 5.74) is 0.984. The summed E-state index contributed by atoms with van der Waals surface area (Å²) in [5, 5.41) is 7.24. The Balaban J connectivity index is 1.59. The SMILES string of the molecule is COCC1CCN(c2cc(S(=O)(=O)NC3(C)CC3)cn3c(-c4nnc(C(F)F)s4)ncc23)CC1. The molecular weight excluding hydrogens is 486 g/mol. The Labute approximate surface area is 200 Å². The molecule has 0 atom stereocenters. The van der Waals surface area contributed by atoms with Crippen LogP contribution in [-0.2, 0) is 14.8 Å². The second-order valence-electron chi connectivity index (χ2n) is 9.20. The Morgan fingerprint density at radius 1 is 1.29 bits per heavy atom. The summed E-state index contributed by atoms with van der Waals surface area (Å²) in [6.07, 6.45) is 3.78. The fourth-order valence-corrected chi connectivity index (χ4v) is 6.45. The van der Waals surface area contributed by atoms with Crippen LogP contribution in [0.2, 0.25) is 0 Å². The fourth-order valence-electron chi connectivity index (χ4n) is 4.27. The summed E-state index contributed by atoms with van der Waals surface area (Å²) < 4.78 is 62.4. The van der Waals surface area contributed by atoms with Gasteiger partial charge in [-0.05, 0) is 44.6 Å². The molecule has 1 saturated carbocycles. The van der Waals surface area contributed by atoms with Gasteiger partial charge in [-0.2, -0.15) is 0 Å². The average molecular weight is 513 g/mol. The number of aromatic nitrogens is 4. The number of nitrogens with zero attached hydrogens (tertiary/aromatic N) is 5. The highest BCUT2D eigenvalue weighted by atomic mass is 32.2. The van der Waals surface area contributed by atoms with Gasteiger partial charge in [0.1, 0.15) is 4.90 Å². The summed E-state index contributed by atoms with van der Waals surface area (Å²) >= 11 is 0.746. The third-order valence-electron chi connectivity index (χ3n) is 6.46. The lowest BCUT2D eigenvalue weighted by atomic mass is 9.97. The lowest BCUT2D eigenvalue weighted by Crippen LogP contribution is -2.36. The molecule has 1 aliphatic heterocycles. The standard InChI is InChI=1S/C21H26F2N6O3S2/c1-21(5-6-21)27-34(30,31)14-9-15(28-7-3-13(4-8-28)12-32-2)16-10-24-18(29(16)11-14)20-26-25-19(33-20)17(22)23/h9-11,13,17,27H,3-8,12H2,1-2H3. The van der Waals surface area contributed by atoms with Crippen molar-refractivity contribution in [3.05, 3.63) is 23.5 Å². The highest BCUT2D eigenvalue weighted by Gasteiger charge is 2.41. The van der Waals surface area contributed by atoms with E-state index in [1.165, 1.54) is 6.20 Å². The van der Waals surface area contributed by atoms with Gasteiger partial charge in [0.25, 0.3) is 6.43 Å². The zero-order chi connectivity index (χ0) is 24.1. The summed E-state index contributed by atoms with van der Waals surface area (Å²) in [5.74, 6) is 0.736. The molecule has 184 valence electrons. The van der Waals surface area contributed by atoms with E-state index < -0.39 is 27.0 Å². The number of methoxy groups -OCH3 is 1. The molecule has 0 radical (unpaired) electrons. The highest BCUT2D eigenvalue weighted by Crippen LogP contribution is 2.38. The van der Waals surface area contributed by atoms with Crippen LogP contribution in [0, 0.1) is 5.92 Å². The normalized spacial score (nSPS) is 18.8. The number of anilines is 1. The monoisotopic (exact) mass is 512 g/mol. The van der Waals surface area contributed by atoms with Crippen LogP contribution in [0.3, 0.4) is 0 Å². The number of sulfonamides is 1. The van der Waals surface area contributed by atoms with Gasteiger partial charge in [0.2, 0.25) is 10.0 Å². The van der Waals surface area contributed by atoms with Gasteiger partial charge in [-0.15, -0.1) is 10.2 Å². The largest absolute Gasteiger partial charge is 0.384 e. The van der Waals surface area contributed by atoms with E-state index in [9.17, 15) is 17.2 Å². The number of alkyl halides is 2. The van der Waals surface area contributed by atoms with Crippen molar-refractivity contribution in [2.75, 3.05) is 31.7 Å². The van der Waals surface area contributed by atoms with Crippen molar-refractivity contribution in [3.63, 3.8) is 0 Å². The molecule has 13 heteroatoms. The predicted molar refractivity (Wildman–Crippen MR) is 124 cm³/mol. The minimum absolute atomic E-state index is 0.0972. The second kappa shape index (κ2) is 8.77. The van der Waals surface area contributed by atoms with E-state index >= 15 is 0 Å². The number of imidazole rings is 1. The average Bonchev–Trinajstić information content (AvgIpc) is 3.19. The maximum atomic E-state index is 13.3.